The second-order valence-corrected chi connectivity index (χ2v) is 9.26. The molecule has 0 aliphatic carbocycles. The fraction of sp³-hybridized carbons (Fsp3) is 0.353. The number of halogens is 3. The third-order valence-corrected chi connectivity index (χ3v) is 5.57. The van der Waals surface area contributed by atoms with E-state index >= 15 is 0 Å². The highest BCUT2D eigenvalue weighted by molar-refractivity contribution is 9.10. The number of nitrogens with one attached hydrogen (secondary N) is 1. The number of aromatic nitrogens is 1. The maximum atomic E-state index is 13.5. The van der Waals surface area contributed by atoms with Gasteiger partial charge in [0.1, 0.15) is 16.4 Å². The summed E-state index contributed by atoms with van der Waals surface area (Å²) in [6, 6.07) is 6.51. The van der Waals surface area contributed by atoms with Gasteiger partial charge in [0.05, 0.1) is 11.7 Å². The summed E-state index contributed by atoms with van der Waals surface area (Å²) in [4.78, 5) is 4.32. The van der Waals surface area contributed by atoms with Crippen LogP contribution in [0, 0.1) is 11.6 Å². The van der Waals surface area contributed by atoms with Crippen molar-refractivity contribution < 1.29 is 13.3 Å². The first-order chi connectivity index (χ1) is 11.2. The van der Waals surface area contributed by atoms with Crippen LogP contribution in [0.1, 0.15) is 38.1 Å². The van der Waals surface area contributed by atoms with Crippen LogP contribution in [0.25, 0.3) is 0 Å². The molecule has 0 bridgehead atoms. The predicted octanol–water partition coefficient (Wildman–Crippen LogP) is 4.46. The monoisotopic (exact) mass is 416 g/mol. The summed E-state index contributed by atoms with van der Waals surface area (Å²) < 4.78 is 42.7. The molecule has 2 rings (SSSR count). The lowest BCUT2D eigenvalue weighted by atomic mass is 10.0. The number of hydrogen-bond donors (Lipinski definition) is 1. The molecule has 0 aliphatic heterocycles. The Morgan fingerprint density at radius 3 is 2.42 bits per heavy atom. The minimum Gasteiger partial charge on any atom is -0.598 e. The summed E-state index contributed by atoms with van der Waals surface area (Å²) >= 11 is 2.07. The Balaban J connectivity index is 2.34. The standard InChI is InChI=1S/C17H19BrF2N2OS/c1-17(2,3)24(23)22-15(16-14(18)5-4-6-21-16)9-11-7-12(19)10-13(20)8-11/h4-8,10,15,22H,9H2,1-3H3/t15-,24-/m0/s1. The van der Waals surface area contributed by atoms with Gasteiger partial charge in [0, 0.05) is 28.1 Å². The zero-order chi connectivity index (χ0) is 17.9. The third-order valence-electron chi connectivity index (χ3n) is 3.28. The number of pyridine rings is 1. The number of benzene rings is 1. The van der Waals surface area contributed by atoms with Gasteiger partial charge < -0.3 is 4.55 Å². The molecule has 0 aliphatic rings. The normalized spacial score (nSPS) is 14.5. The maximum Gasteiger partial charge on any atom is 0.136 e. The van der Waals surface area contributed by atoms with Crippen molar-refractivity contribution in [3.8, 4) is 0 Å². The summed E-state index contributed by atoms with van der Waals surface area (Å²) in [6.45, 7) is 5.55. The fourth-order valence-electron chi connectivity index (χ4n) is 2.12. The van der Waals surface area contributed by atoms with Crippen molar-refractivity contribution in [3.05, 3.63) is 63.9 Å². The molecule has 1 aromatic heterocycles. The molecule has 24 heavy (non-hydrogen) atoms. The highest BCUT2D eigenvalue weighted by Crippen LogP contribution is 2.27. The molecule has 0 saturated carbocycles. The summed E-state index contributed by atoms with van der Waals surface area (Å²) in [5.74, 6) is -1.28. The fourth-order valence-corrected chi connectivity index (χ4v) is 3.46. The van der Waals surface area contributed by atoms with Crippen molar-refractivity contribution in [2.45, 2.75) is 38.0 Å². The zero-order valence-electron chi connectivity index (χ0n) is 13.6. The molecular formula is C17H19BrF2N2OS. The lowest BCUT2D eigenvalue weighted by molar-refractivity contribution is 0.516. The van der Waals surface area contributed by atoms with E-state index in [1.165, 1.54) is 12.1 Å². The first-order valence-electron chi connectivity index (χ1n) is 7.40. The van der Waals surface area contributed by atoms with Gasteiger partial charge in [-0.3, -0.25) is 4.98 Å². The van der Waals surface area contributed by atoms with Crippen LogP contribution in [0.15, 0.2) is 41.0 Å². The van der Waals surface area contributed by atoms with E-state index in [0.717, 1.165) is 10.5 Å². The molecule has 130 valence electrons. The molecule has 7 heteroatoms. The summed E-state index contributed by atoms with van der Waals surface area (Å²) in [6.07, 6.45) is 1.88. The highest BCUT2D eigenvalue weighted by atomic mass is 79.9. The average Bonchev–Trinajstić information content (AvgIpc) is 2.45. The van der Waals surface area contributed by atoms with Crippen LogP contribution in [-0.4, -0.2) is 14.3 Å². The molecule has 1 heterocycles. The van der Waals surface area contributed by atoms with E-state index in [-0.39, 0.29) is 6.42 Å². The van der Waals surface area contributed by atoms with Crippen LogP contribution in [0.4, 0.5) is 8.78 Å². The summed E-state index contributed by atoms with van der Waals surface area (Å²) in [7, 11) is 0. The lowest BCUT2D eigenvalue weighted by Crippen LogP contribution is -2.42. The third kappa shape index (κ3) is 5.24. The molecular weight excluding hydrogens is 398 g/mol. The van der Waals surface area contributed by atoms with E-state index in [1.54, 1.807) is 12.3 Å². The van der Waals surface area contributed by atoms with E-state index in [0.29, 0.717) is 11.3 Å². The maximum absolute atomic E-state index is 13.5. The quantitative estimate of drug-likeness (QED) is 0.731. The minimum absolute atomic E-state index is 0.256. The van der Waals surface area contributed by atoms with Crippen molar-refractivity contribution in [1.29, 1.82) is 0 Å². The second kappa shape index (κ2) is 7.91. The Hall–Kier alpha value is -1.02. The van der Waals surface area contributed by atoms with Gasteiger partial charge in [-0.25, -0.2) is 8.78 Å². The number of nitrogens with zero attached hydrogens (tertiary/aromatic N) is 1. The van der Waals surface area contributed by atoms with Gasteiger partial charge in [-0.1, -0.05) is 0 Å². The highest BCUT2D eigenvalue weighted by Gasteiger charge is 2.31. The average molecular weight is 417 g/mol. The van der Waals surface area contributed by atoms with E-state index < -0.39 is 33.8 Å². The van der Waals surface area contributed by atoms with Gasteiger partial charge in [0.15, 0.2) is 0 Å². The molecule has 2 atom stereocenters. The van der Waals surface area contributed by atoms with Gasteiger partial charge in [0.2, 0.25) is 0 Å². The Morgan fingerprint density at radius 2 is 1.88 bits per heavy atom. The first kappa shape index (κ1) is 19.3. The lowest BCUT2D eigenvalue weighted by Gasteiger charge is -2.28. The van der Waals surface area contributed by atoms with Gasteiger partial charge in [-0.05, 0) is 73.0 Å². The van der Waals surface area contributed by atoms with Gasteiger partial charge in [0.25, 0.3) is 0 Å². The Morgan fingerprint density at radius 1 is 1.25 bits per heavy atom. The number of hydrogen-bond acceptors (Lipinski definition) is 3. The topological polar surface area (TPSA) is 48.0 Å². The molecule has 0 saturated heterocycles. The van der Waals surface area contributed by atoms with Gasteiger partial charge in [-0.15, -0.1) is 4.72 Å². The van der Waals surface area contributed by atoms with Crippen LogP contribution in [-0.2, 0) is 17.8 Å². The van der Waals surface area contributed by atoms with Crippen LogP contribution in [0.3, 0.4) is 0 Å². The van der Waals surface area contributed by atoms with Crippen LogP contribution >= 0.6 is 15.9 Å². The van der Waals surface area contributed by atoms with Crippen molar-refractivity contribution in [2.75, 3.05) is 0 Å². The summed E-state index contributed by atoms with van der Waals surface area (Å²) in [5.41, 5.74) is 1.10. The smallest absolute Gasteiger partial charge is 0.136 e. The predicted molar refractivity (Wildman–Crippen MR) is 95.8 cm³/mol. The Labute approximate surface area is 152 Å². The largest absolute Gasteiger partial charge is 0.598 e. The molecule has 0 spiro atoms. The van der Waals surface area contributed by atoms with Crippen LogP contribution < -0.4 is 4.72 Å². The molecule has 2 aromatic rings. The van der Waals surface area contributed by atoms with Crippen LogP contribution in [0.2, 0.25) is 0 Å². The second-order valence-electron chi connectivity index (χ2n) is 6.40. The number of rotatable bonds is 5. The zero-order valence-corrected chi connectivity index (χ0v) is 16.0. The SMILES string of the molecule is CC(C)(C)[S@+]([O-])N[C@@H](Cc1cc(F)cc(F)c1)c1ncccc1Br. The molecule has 3 nitrogen and oxygen atoms in total. The molecule has 1 N–H and O–H groups in total. The van der Waals surface area contributed by atoms with Crippen LogP contribution in [0.5, 0.6) is 0 Å². The van der Waals surface area contributed by atoms with Gasteiger partial charge in [-0.2, -0.15) is 0 Å². The first-order valence-corrected chi connectivity index (χ1v) is 9.34. The Kier molecular flexibility index (Phi) is 6.36. The van der Waals surface area contributed by atoms with Gasteiger partial charge >= 0.3 is 0 Å². The van der Waals surface area contributed by atoms with Crippen molar-refractivity contribution in [3.63, 3.8) is 0 Å². The van der Waals surface area contributed by atoms with Crippen molar-refractivity contribution in [2.24, 2.45) is 0 Å². The summed E-state index contributed by atoms with van der Waals surface area (Å²) in [5, 5.41) is 0. The van der Waals surface area contributed by atoms with E-state index in [9.17, 15) is 13.3 Å². The molecule has 0 unspecified atom stereocenters. The minimum atomic E-state index is -1.36. The molecule has 0 amide bonds. The van der Waals surface area contributed by atoms with E-state index in [2.05, 4.69) is 25.6 Å². The molecule has 0 fully saturated rings. The van der Waals surface area contributed by atoms with E-state index in [1.807, 2.05) is 26.8 Å². The molecule has 1 aromatic carbocycles. The van der Waals surface area contributed by atoms with Crippen molar-refractivity contribution in [1.82, 2.24) is 9.71 Å². The Bertz CT molecular complexity index is 689. The molecule has 0 radical (unpaired) electrons. The van der Waals surface area contributed by atoms with Crippen molar-refractivity contribution >= 4 is 27.3 Å². The van der Waals surface area contributed by atoms with E-state index in [4.69, 9.17) is 0 Å².